The van der Waals surface area contributed by atoms with Gasteiger partial charge in [-0.1, -0.05) is 29.8 Å². The van der Waals surface area contributed by atoms with Gasteiger partial charge in [0.05, 0.1) is 16.0 Å². The number of nitrogens with zero attached hydrogens (tertiary/aromatic N) is 1. The van der Waals surface area contributed by atoms with Crippen molar-refractivity contribution in [2.45, 2.75) is 16.7 Å². The third-order valence-electron chi connectivity index (χ3n) is 3.28. The summed E-state index contributed by atoms with van der Waals surface area (Å²) in [6.07, 6.45) is 3.59. The Morgan fingerprint density at radius 2 is 1.68 bits per heavy atom. The molecule has 0 saturated heterocycles. The van der Waals surface area contributed by atoms with Crippen molar-refractivity contribution in [3.8, 4) is 0 Å². The van der Waals surface area contributed by atoms with Gasteiger partial charge in [0.25, 0.3) is 0 Å². The normalized spacial score (nSPS) is 11.8. The number of thioether (sulfide) groups is 1. The first-order valence-corrected chi connectivity index (χ1v) is 9.57. The molecule has 0 atom stereocenters. The summed E-state index contributed by atoms with van der Waals surface area (Å²) in [5.41, 5.74) is 2.01. The molecular formula is C17H19NO2S2. The highest BCUT2D eigenvalue weighted by atomic mass is 32.2. The van der Waals surface area contributed by atoms with Crippen LogP contribution in [0.5, 0.6) is 0 Å². The molecule has 0 aliphatic carbocycles. The number of benzene rings is 2. The molecule has 0 unspecified atom stereocenters. The molecule has 5 heteroatoms. The fraction of sp³-hybridized carbons (Fsp3) is 0.176. The lowest BCUT2D eigenvalue weighted by molar-refractivity contribution is 0.604. The van der Waals surface area contributed by atoms with Crippen molar-refractivity contribution >= 4 is 27.3 Å². The summed E-state index contributed by atoms with van der Waals surface area (Å²) in [7, 11) is -1.59. The molecule has 0 saturated carbocycles. The first kappa shape index (κ1) is 16.6. The minimum Gasteiger partial charge on any atom is -0.349 e. The maximum atomic E-state index is 12.3. The van der Waals surface area contributed by atoms with Crippen molar-refractivity contribution in [2.75, 3.05) is 18.2 Å². The predicted octanol–water partition coefficient (Wildman–Crippen LogP) is 4.10. The molecule has 0 spiro atoms. The lowest BCUT2D eigenvalue weighted by atomic mass is 10.2. The van der Waals surface area contributed by atoms with E-state index in [1.54, 1.807) is 42.2 Å². The molecule has 2 aromatic carbocycles. The first-order valence-electron chi connectivity index (χ1n) is 6.80. The van der Waals surface area contributed by atoms with Gasteiger partial charge in [0.15, 0.2) is 0 Å². The largest absolute Gasteiger partial charge is 0.349 e. The second-order valence-electron chi connectivity index (χ2n) is 4.93. The molecule has 0 aliphatic rings. The molecule has 0 N–H and O–H groups in total. The van der Waals surface area contributed by atoms with Crippen molar-refractivity contribution in [3.05, 3.63) is 65.7 Å². The second-order valence-corrected chi connectivity index (χ2v) is 7.61. The molecular weight excluding hydrogens is 314 g/mol. The van der Waals surface area contributed by atoms with E-state index in [1.807, 2.05) is 49.4 Å². The second kappa shape index (κ2) is 7.03. The van der Waals surface area contributed by atoms with E-state index in [0.29, 0.717) is 4.90 Å². The van der Waals surface area contributed by atoms with E-state index in [4.69, 9.17) is 0 Å². The van der Waals surface area contributed by atoms with E-state index in [2.05, 4.69) is 0 Å². The van der Waals surface area contributed by atoms with Crippen LogP contribution in [0.3, 0.4) is 0 Å². The van der Waals surface area contributed by atoms with Crippen LogP contribution in [0, 0.1) is 6.92 Å². The minimum atomic E-state index is -3.43. The van der Waals surface area contributed by atoms with Gasteiger partial charge >= 0.3 is 0 Å². The maximum absolute atomic E-state index is 12.3. The van der Waals surface area contributed by atoms with Gasteiger partial charge in [-0.15, -0.1) is 11.8 Å². The zero-order valence-electron chi connectivity index (χ0n) is 12.9. The van der Waals surface area contributed by atoms with E-state index < -0.39 is 9.84 Å². The summed E-state index contributed by atoms with van der Waals surface area (Å²) in [6.45, 7) is 1.93. The van der Waals surface area contributed by atoms with Crippen molar-refractivity contribution in [1.82, 2.24) is 0 Å². The number of para-hydroxylation sites is 1. The topological polar surface area (TPSA) is 37.4 Å². The van der Waals surface area contributed by atoms with Gasteiger partial charge < -0.3 is 4.90 Å². The highest BCUT2D eigenvalue weighted by molar-refractivity contribution is 7.98. The van der Waals surface area contributed by atoms with Crippen LogP contribution in [0.25, 0.3) is 0 Å². The third kappa shape index (κ3) is 3.93. The lowest BCUT2D eigenvalue weighted by Crippen LogP contribution is -2.10. The Balaban J connectivity index is 2.25. The summed E-state index contributed by atoms with van der Waals surface area (Å²) in [6, 6.07) is 14.7. The van der Waals surface area contributed by atoms with E-state index >= 15 is 0 Å². The van der Waals surface area contributed by atoms with E-state index in [9.17, 15) is 8.42 Å². The smallest absolute Gasteiger partial charge is 0.201 e. The van der Waals surface area contributed by atoms with E-state index in [0.717, 1.165) is 16.1 Å². The molecule has 2 rings (SSSR count). The van der Waals surface area contributed by atoms with Crippen molar-refractivity contribution in [2.24, 2.45) is 0 Å². The Morgan fingerprint density at radius 3 is 2.32 bits per heavy atom. The maximum Gasteiger partial charge on any atom is 0.201 e. The Kier molecular flexibility index (Phi) is 5.32. The number of hydrogen-bond acceptors (Lipinski definition) is 4. The van der Waals surface area contributed by atoms with Crippen LogP contribution >= 0.6 is 11.8 Å². The Bertz CT molecular complexity index is 766. The molecule has 0 aromatic heterocycles. The molecule has 22 heavy (non-hydrogen) atoms. The number of hydrogen-bond donors (Lipinski definition) is 0. The number of sulfone groups is 1. The standard InChI is InChI=1S/C17H19NO2S2/c1-14-8-10-15(11-9-14)22(19,20)13-12-18(2)16-6-4-5-7-17(16)21-3/h4-13H,1-3H3/b13-12+. The molecule has 116 valence electrons. The Hall–Kier alpha value is -1.72. The van der Waals surface area contributed by atoms with Crippen molar-refractivity contribution in [3.63, 3.8) is 0 Å². The van der Waals surface area contributed by atoms with Crippen LogP contribution in [0.4, 0.5) is 5.69 Å². The predicted molar refractivity (Wildman–Crippen MR) is 94.1 cm³/mol. The van der Waals surface area contributed by atoms with Gasteiger partial charge in [0.1, 0.15) is 0 Å². The van der Waals surface area contributed by atoms with Crippen LogP contribution in [0.15, 0.2) is 69.9 Å². The highest BCUT2D eigenvalue weighted by Crippen LogP contribution is 2.27. The molecule has 0 aliphatic heterocycles. The third-order valence-corrected chi connectivity index (χ3v) is 5.47. The van der Waals surface area contributed by atoms with Crippen LogP contribution < -0.4 is 4.90 Å². The van der Waals surface area contributed by atoms with Crippen molar-refractivity contribution in [1.29, 1.82) is 0 Å². The van der Waals surface area contributed by atoms with E-state index in [-0.39, 0.29) is 0 Å². The summed E-state index contributed by atoms with van der Waals surface area (Å²) < 4.78 is 24.6. The van der Waals surface area contributed by atoms with Crippen LogP contribution in [-0.4, -0.2) is 21.7 Å². The molecule has 0 amide bonds. The van der Waals surface area contributed by atoms with Gasteiger partial charge in [-0.05, 0) is 37.4 Å². The molecule has 0 bridgehead atoms. The quantitative estimate of drug-likeness (QED) is 0.772. The zero-order chi connectivity index (χ0) is 16.2. The van der Waals surface area contributed by atoms with Gasteiger partial charge in [-0.25, -0.2) is 8.42 Å². The van der Waals surface area contributed by atoms with Gasteiger partial charge in [-0.3, -0.25) is 0 Å². The lowest BCUT2D eigenvalue weighted by Gasteiger charge is -2.17. The van der Waals surface area contributed by atoms with Gasteiger partial charge in [0, 0.05) is 18.1 Å². The Morgan fingerprint density at radius 1 is 1.05 bits per heavy atom. The molecule has 0 radical (unpaired) electrons. The molecule has 2 aromatic rings. The summed E-state index contributed by atoms with van der Waals surface area (Å²) in [5, 5.41) is 1.24. The van der Waals surface area contributed by atoms with Gasteiger partial charge in [-0.2, -0.15) is 0 Å². The number of anilines is 1. The first-order chi connectivity index (χ1) is 10.4. The zero-order valence-corrected chi connectivity index (χ0v) is 14.5. The Labute approximate surface area is 136 Å². The fourth-order valence-electron chi connectivity index (χ4n) is 1.98. The average Bonchev–Trinajstić information content (AvgIpc) is 2.53. The minimum absolute atomic E-state index is 0.306. The van der Waals surface area contributed by atoms with Crippen LogP contribution in [-0.2, 0) is 9.84 Å². The van der Waals surface area contributed by atoms with E-state index in [1.165, 1.54) is 5.41 Å². The molecule has 0 heterocycles. The average molecular weight is 333 g/mol. The van der Waals surface area contributed by atoms with Crippen molar-refractivity contribution < 1.29 is 8.42 Å². The molecule has 3 nitrogen and oxygen atoms in total. The summed E-state index contributed by atoms with van der Waals surface area (Å²) in [4.78, 5) is 3.22. The fourth-order valence-corrected chi connectivity index (χ4v) is 3.63. The van der Waals surface area contributed by atoms with Gasteiger partial charge in [0.2, 0.25) is 9.84 Å². The number of rotatable bonds is 5. The van der Waals surface area contributed by atoms with Crippen LogP contribution in [0.2, 0.25) is 0 Å². The SMILES string of the molecule is CSc1ccccc1N(C)/C=C/S(=O)(=O)c1ccc(C)cc1. The number of aryl methyl sites for hydroxylation is 1. The highest BCUT2D eigenvalue weighted by Gasteiger charge is 2.11. The van der Waals surface area contributed by atoms with Crippen LogP contribution in [0.1, 0.15) is 5.56 Å². The monoisotopic (exact) mass is 333 g/mol. The summed E-state index contributed by atoms with van der Waals surface area (Å²) in [5.74, 6) is 0. The summed E-state index contributed by atoms with van der Waals surface area (Å²) >= 11 is 1.63. The molecule has 0 fully saturated rings.